The van der Waals surface area contributed by atoms with Crippen molar-refractivity contribution in [1.82, 2.24) is 15.1 Å². The Morgan fingerprint density at radius 1 is 1.31 bits per heavy atom. The molecule has 2 saturated heterocycles. The van der Waals surface area contributed by atoms with Crippen molar-refractivity contribution >= 4 is 29.9 Å². The van der Waals surface area contributed by atoms with Crippen LogP contribution in [0.1, 0.15) is 37.0 Å². The minimum atomic E-state index is 0. The summed E-state index contributed by atoms with van der Waals surface area (Å²) in [7, 11) is 1.88. The number of nitrogens with zero attached hydrogens (tertiary/aromatic N) is 3. The predicted molar refractivity (Wildman–Crippen MR) is 118 cm³/mol. The Balaban J connectivity index is 0.00000243. The number of morpholine rings is 1. The number of nitrogens with one attached hydrogen (secondary N) is 1. The summed E-state index contributed by atoms with van der Waals surface area (Å²) in [5.41, 5.74) is 2.58. The second-order valence-corrected chi connectivity index (χ2v) is 7.01. The number of aryl methyl sites for hydroxylation is 1. The quantitative estimate of drug-likeness (QED) is 0.416. The summed E-state index contributed by atoms with van der Waals surface area (Å²) in [5.74, 6) is 1.00. The Morgan fingerprint density at radius 2 is 2.12 bits per heavy atom. The van der Waals surface area contributed by atoms with Gasteiger partial charge >= 0.3 is 0 Å². The summed E-state index contributed by atoms with van der Waals surface area (Å²) in [6.07, 6.45) is 2.71. The number of likely N-dealkylation sites (N-methyl/N-ethyl adjacent to an activating group) is 1. The maximum Gasteiger partial charge on any atom is 0.193 e. The van der Waals surface area contributed by atoms with E-state index in [4.69, 9.17) is 4.74 Å². The van der Waals surface area contributed by atoms with Gasteiger partial charge in [0.2, 0.25) is 0 Å². The Labute approximate surface area is 175 Å². The van der Waals surface area contributed by atoms with Crippen molar-refractivity contribution in [2.45, 2.75) is 38.8 Å². The van der Waals surface area contributed by atoms with Gasteiger partial charge in [-0.3, -0.25) is 9.89 Å². The molecule has 1 aromatic carbocycles. The highest BCUT2D eigenvalue weighted by molar-refractivity contribution is 14.0. The summed E-state index contributed by atoms with van der Waals surface area (Å²) < 4.78 is 6.05. The van der Waals surface area contributed by atoms with Crippen LogP contribution in [0.2, 0.25) is 0 Å². The van der Waals surface area contributed by atoms with Crippen LogP contribution in [-0.4, -0.2) is 68.2 Å². The van der Waals surface area contributed by atoms with Crippen molar-refractivity contribution in [3.63, 3.8) is 0 Å². The fourth-order valence-corrected chi connectivity index (χ4v) is 4.06. The average Bonchev–Trinajstić information content (AvgIpc) is 3.10. The van der Waals surface area contributed by atoms with E-state index in [0.29, 0.717) is 6.04 Å². The molecular weight excluding hydrogens is 439 g/mol. The molecule has 0 radical (unpaired) electrons. The fraction of sp³-hybridized carbons (Fsp3) is 0.650. The van der Waals surface area contributed by atoms with Gasteiger partial charge in [-0.05, 0) is 44.0 Å². The summed E-state index contributed by atoms with van der Waals surface area (Å²) in [4.78, 5) is 9.44. The first-order valence-corrected chi connectivity index (χ1v) is 9.59. The van der Waals surface area contributed by atoms with Gasteiger partial charge in [0.25, 0.3) is 0 Å². The van der Waals surface area contributed by atoms with E-state index in [2.05, 4.69) is 58.2 Å². The molecule has 26 heavy (non-hydrogen) atoms. The lowest BCUT2D eigenvalue weighted by atomic mass is 10.0. The molecule has 3 rings (SSSR count). The molecule has 1 N–H and O–H groups in total. The monoisotopic (exact) mass is 472 g/mol. The number of hydrogen-bond donors (Lipinski definition) is 1. The van der Waals surface area contributed by atoms with Gasteiger partial charge in [-0.15, -0.1) is 24.0 Å². The standard InChI is InChI=1S/C20H32N4O.HI/c1-4-23-11-7-9-17(23)14-22-20(21-3)24-12-13-25-19(15-24)18-10-6-5-8-16(18)2;/h5-6,8,10,17,19H,4,7,9,11-15H2,1-3H3,(H,21,22);1H. The topological polar surface area (TPSA) is 40.1 Å². The van der Waals surface area contributed by atoms with Crippen molar-refractivity contribution in [2.24, 2.45) is 4.99 Å². The van der Waals surface area contributed by atoms with Gasteiger partial charge in [0, 0.05) is 26.2 Å². The van der Waals surface area contributed by atoms with Gasteiger partial charge in [0.15, 0.2) is 5.96 Å². The van der Waals surface area contributed by atoms with Gasteiger partial charge < -0.3 is 15.0 Å². The van der Waals surface area contributed by atoms with E-state index < -0.39 is 0 Å². The summed E-state index contributed by atoms with van der Waals surface area (Å²) in [5, 5.41) is 3.61. The van der Waals surface area contributed by atoms with Gasteiger partial charge in [0.1, 0.15) is 6.10 Å². The van der Waals surface area contributed by atoms with Crippen LogP contribution in [-0.2, 0) is 4.74 Å². The molecule has 2 unspecified atom stereocenters. The largest absolute Gasteiger partial charge is 0.370 e. The van der Waals surface area contributed by atoms with E-state index >= 15 is 0 Å². The minimum absolute atomic E-state index is 0. The first kappa shape index (κ1) is 21.4. The van der Waals surface area contributed by atoms with E-state index in [1.807, 2.05) is 7.05 Å². The molecule has 0 saturated carbocycles. The molecule has 0 aromatic heterocycles. The normalized spacial score (nSPS) is 24.4. The molecule has 2 atom stereocenters. The second-order valence-electron chi connectivity index (χ2n) is 7.01. The van der Waals surface area contributed by atoms with Crippen molar-refractivity contribution in [1.29, 1.82) is 0 Å². The number of hydrogen-bond acceptors (Lipinski definition) is 3. The van der Waals surface area contributed by atoms with Crippen LogP contribution in [0.3, 0.4) is 0 Å². The van der Waals surface area contributed by atoms with Crippen LogP contribution in [0.5, 0.6) is 0 Å². The van der Waals surface area contributed by atoms with Crippen molar-refractivity contribution in [2.75, 3.05) is 46.4 Å². The number of benzene rings is 1. The zero-order chi connectivity index (χ0) is 17.6. The van der Waals surface area contributed by atoms with E-state index in [9.17, 15) is 0 Å². The Hall–Kier alpha value is -0.860. The van der Waals surface area contributed by atoms with Crippen molar-refractivity contribution in [3.05, 3.63) is 35.4 Å². The molecular formula is C20H33IN4O. The molecule has 6 heteroatoms. The van der Waals surface area contributed by atoms with E-state index in [0.717, 1.165) is 38.7 Å². The van der Waals surface area contributed by atoms with Crippen molar-refractivity contribution < 1.29 is 4.74 Å². The van der Waals surface area contributed by atoms with Crippen LogP contribution < -0.4 is 5.32 Å². The highest BCUT2D eigenvalue weighted by Crippen LogP contribution is 2.25. The number of ether oxygens (including phenoxy) is 1. The minimum Gasteiger partial charge on any atom is -0.370 e. The van der Waals surface area contributed by atoms with Crippen LogP contribution >= 0.6 is 24.0 Å². The maximum atomic E-state index is 6.05. The number of guanidine groups is 1. The van der Waals surface area contributed by atoms with Crippen molar-refractivity contribution in [3.8, 4) is 0 Å². The lowest BCUT2D eigenvalue weighted by molar-refractivity contribution is -0.00839. The first-order valence-electron chi connectivity index (χ1n) is 9.59. The molecule has 0 bridgehead atoms. The lowest BCUT2D eigenvalue weighted by Gasteiger charge is -2.36. The molecule has 5 nitrogen and oxygen atoms in total. The van der Waals surface area contributed by atoms with Gasteiger partial charge in [0.05, 0.1) is 13.2 Å². The van der Waals surface area contributed by atoms with Crippen LogP contribution in [0, 0.1) is 6.92 Å². The van der Waals surface area contributed by atoms with Gasteiger partial charge in [-0.1, -0.05) is 31.2 Å². The number of rotatable bonds is 4. The molecule has 2 aliphatic heterocycles. The molecule has 0 aliphatic carbocycles. The average molecular weight is 472 g/mol. The molecule has 2 aliphatic rings. The summed E-state index contributed by atoms with van der Waals surface area (Å²) >= 11 is 0. The zero-order valence-corrected chi connectivity index (χ0v) is 18.6. The number of likely N-dealkylation sites (tertiary alicyclic amines) is 1. The van der Waals surface area contributed by atoms with Crippen LogP contribution in [0.15, 0.2) is 29.3 Å². The highest BCUT2D eigenvalue weighted by atomic mass is 127. The second kappa shape index (κ2) is 10.5. The first-order chi connectivity index (χ1) is 12.2. The molecule has 2 heterocycles. The maximum absolute atomic E-state index is 6.05. The Kier molecular flexibility index (Phi) is 8.63. The highest BCUT2D eigenvalue weighted by Gasteiger charge is 2.27. The lowest BCUT2D eigenvalue weighted by Crippen LogP contribution is -2.50. The van der Waals surface area contributed by atoms with Gasteiger partial charge in [-0.2, -0.15) is 0 Å². The SMILES string of the molecule is CCN1CCCC1CNC(=NC)N1CCOC(c2ccccc2C)C1.I. The van der Waals surface area contributed by atoms with Crippen LogP contribution in [0.4, 0.5) is 0 Å². The third-order valence-electron chi connectivity index (χ3n) is 5.51. The smallest absolute Gasteiger partial charge is 0.193 e. The predicted octanol–water partition coefficient (Wildman–Crippen LogP) is 3.05. The number of halogens is 1. The third kappa shape index (κ3) is 5.10. The zero-order valence-electron chi connectivity index (χ0n) is 16.3. The Bertz CT molecular complexity index is 595. The molecule has 146 valence electrons. The Morgan fingerprint density at radius 3 is 2.85 bits per heavy atom. The number of aliphatic imine (C=N–C) groups is 1. The molecule has 1 aromatic rings. The molecule has 0 spiro atoms. The van der Waals surface area contributed by atoms with E-state index in [1.54, 1.807) is 0 Å². The third-order valence-corrected chi connectivity index (χ3v) is 5.51. The molecule has 2 fully saturated rings. The van der Waals surface area contributed by atoms with Gasteiger partial charge in [-0.25, -0.2) is 0 Å². The summed E-state index contributed by atoms with van der Waals surface area (Å²) in [6.45, 7) is 10.2. The van der Waals surface area contributed by atoms with E-state index in [-0.39, 0.29) is 30.1 Å². The van der Waals surface area contributed by atoms with E-state index in [1.165, 1.54) is 30.5 Å². The van der Waals surface area contributed by atoms with Crippen LogP contribution in [0.25, 0.3) is 0 Å². The summed E-state index contributed by atoms with van der Waals surface area (Å²) in [6, 6.07) is 9.15. The molecule has 0 amide bonds. The fourth-order valence-electron chi connectivity index (χ4n) is 4.06.